The van der Waals surface area contributed by atoms with Crippen molar-refractivity contribution in [1.82, 2.24) is 10.2 Å². The van der Waals surface area contributed by atoms with Gasteiger partial charge in [0, 0.05) is 30.6 Å². The molecule has 9 heteroatoms. The quantitative estimate of drug-likeness (QED) is 0.421. The third kappa shape index (κ3) is 8.52. The Labute approximate surface area is 220 Å². The first-order chi connectivity index (χ1) is 16.8. The molecule has 0 saturated carbocycles. The van der Waals surface area contributed by atoms with Crippen LogP contribution in [0.4, 0.5) is 5.69 Å². The van der Waals surface area contributed by atoms with Crippen molar-refractivity contribution in [2.24, 2.45) is 0 Å². The number of sulfonamides is 1. The monoisotopic (exact) mass is 535 g/mol. The Morgan fingerprint density at radius 3 is 2.22 bits per heavy atom. The molecule has 198 valence electrons. The Bertz CT molecular complexity index is 1150. The summed E-state index contributed by atoms with van der Waals surface area (Å²) in [5.41, 5.74) is 3.24. The predicted octanol–water partition coefficient (Wildman–Crippen LogP) is 4.84. The van der Waals surface area contributed by atoms with Crippen molar-refractivity contribution in [3.05, 3.63) is 64.2 Å². The van der Waals surface area contributed by atoms with Crippen molar-refractivity contribution in [1.29, 1.82) is 0 Å². The van der Waals surface area contributed by atoms with E-state index in [1.54, 1.807) is 13.0 Å². The summed E-state index contributed by atoms with van der Waals surface area (Å²) in [6.07, 6.45) is 2.33. The molecule has 0 radical (unpaired) electrons. The lowest BCUT2D eigenvalue weighted by atomic mass is 10.1. The summed E-state index contributed by atoms with van der Waals surface area (Å²) in [6.45, 7) is 9.76. The fraction of sp³-hybridized carbons (Fsp3) is 0.481. The molecule has 2 aromatic carbocycles. The number of carbonyl (C=O) groups excluding carboxylic acids is 2. The fourth-order valence-corrected chi connectivity index (χ4v) is 5.10. The van der Waals surface area contributed by atoms with E-state index in [-0.39, 0.29) is 37.4 Å². The number of benzene rings is 2. The van der Waals surface area contributed by atoms with Gasteiger partial charge in [-0.05, 0) is 75.4 Å². The molecule has 0 fully saturated rings. The summed E-state index contributed by atoms with van der Waals surface area (Å²) in [6, 6.07) is 12.1. The first-order valence-electron chi connectivity index (χ1n) is 12.2. The molecule has 0 aliphatic rings. The number of rotatable bonds is 12. The number of anilines is 1. The Morgan fingerprint density at radius 1 is 1.06 bits per heavy atom. The highest BCUT2D eigenvalue weighted by Crippen LogP contribution is 2.23. The molecule has 0 aliphatic heterocycles. The molecule has 2 aromatic rings. The Morgan fingerprint density at radius 2 is 1.67 bits per heavy atom. The minimum atomic E-state index is -3.54. The van der Waals surface area contributed by atoms with Gasteiger partial charge < -0.3 is 10.2 Å². The van der Waals surface area contributed by atoms with E-state index in [0.717, 1.165) is 29.4 Å². The second kappa shape index (κ2) is 13.1. The van der Waals surface area contributed by atoms with Gasteiger partial charge in [-0.2, -0.15) is 0 Å². The van der Waals surface area contributed by atoms with Crippen LogP contribution in [-0.4, -0.2) is 50.0 Å². The van der Waals surface area contributed by atoms with Gasteiger partial charge in [-0.25, -0.2) is 8.42 Å². The van der Waals surface area contributed by atoms with E-state index in [2.05, 4.69) is 5.32 Å². The molecular weight excluding hydrogens is 498 g/mol. The molecule has 0 heterocycles. The number of halogens is 1. The second-order valence-electron chi connectivity index (χ2n) is 9.39. The zero-order chi connectivity index (χ0) is 27.0. The number of nitrogens with zero attached hydrogens (tertiary/aromatic N) is 2. The van der Waals surface area contributed by atoms with Gasteiger partial charge >= 0.3 is 0 Å². The smallest absolute Gasteiger partial charge is 0.242 e. The Balaban J connectivity index is 2.21. The normalized spacial score (nSPS) is 13.1. The molecule has 0 aliphatic carbocycles. The molecule has 2 rings (SSSR count). The summed E-state index contributed by atoms with van der Waals surface area (Å²) in [5, 5.41) is 3.45. The summed E-state index contributed by atoms with van der Waals surface area (Å²) < 4.78 is 26.4. The van der Waals surface area contributed by atoms with E-state index >= 15 is 0 Å². The van der Waals surface area contributed by atoms with Gasteiger partial charge in [-0.15, -0.1) is 0 Å². The van der Waals surface area contributed by atoms with E-state index in [0.29, 0.717) is 17.1 Å². The highest BCUT2D eigenvalue weighted by Gasteiger charge is 2.27. The van der Waals surface area contributed by atoms with Crippen LogP contribution in [0.1, 0.15) is 56.7 Å². The van der Waals surface area contributed by atoms with Crippen LogP contribution < -0.4 is 9.62 Å². The number of amides is 2. The van der Waals surface area contributed by atoms with E-state index in [4.69, 9.17) is 11.6 Å². The van der Waals surface area contributed by atoms with Crippen molar-refractivity contribution >= 4 is 39.1 Å². The molecule has 1 N–H and O–H groups in total. The first kappa shape index (κ1) is 29.6. The third-order valence-electron chi connectivity index (χ3n) is 6.11. The second-order valence-corrected chi connectivity index (χ2v) is 11.7. The van der Waals surface area contributed by atoms with Crippen LogP contribution in [0.5, 0.6) is 0 Å². The topological polar surface area (TPSA) is 86.8 Å². The lowest BCUT2D eigenvalue weighted by Crippen LogP contribution is -2.49. The van der Waals surface area contributed by atoms with Crippen LogP contribution in [-0.2, 0) is 26.2 Å². The molecule has 0 saturated heterocycles. The average molecular weight is 536 g/mol. The standard InChI is InChI=1S/C27H38ClN3O4S/c1-7-21(4)29-27(33)22(5)30(18-23-11-8-9-12-25(23)28)26(32)13-10-14-31(36(6,34)35)24-16-19(2)15-20(3)17-24/h8-9,11-12,15-17,21-22H,7,10,13-14,18H2,1-6H3,(H,29,33)/t21-,22-/m0/s1. The van der Waals surface area contributed by atoms with Crippen LogP contribution in [0.15, 0.2) is 42.5 Å². The summed E-state index contributed by atoms with van der Waals surface area (Å²) >= 11 is 6.34. The van der Waals surface area contributed by atoms with Gasteiger partial charge in [0.2, 0.25) is 21.8 Å². The van der Waals surface area contributed by atoms with E-state index < -0.39 is 16.1 Å². The Hall–Kier alpha value is -2.58. The minimum Gasteiger partial charge on any atom is -0.352 e. The highest BCUT2D eigenvalue weighted by atomic mass is 35.5. The molecule has 0 spiro atoms. The van der Waals surface area contributed by atoms with Crippen LogP contribution >= 0.6 is 11.6 Å². The van der Waals surface area contributed by atoms with Crippen molar-refractivity contribution in [2.75, 3.05) is 17.1 Å². The fourth-order valence-electron chi connectivity index (χ4n) is 3.96. The van der Waals surface area contributed by atoms with Crippen LogP contribution in [0.2, 0.25) is 5.02 Å². The van der Waals surface area contributed by atoms with Crippen molar-refractivity contribution in [3.63, 3.8) is 0 Å². The highest BCUT2D eigenvalue weighted by molar-refractivity contribution is 7.92. The average Bonchev–Trinajstić information content (AvgIpc) is 2.79. The Kier molecular flexibility index (Phi) is 10.8. The van der Waals surface area contributed by atoms with Crippen molar-refractivity contribution in [2.45, 2.75) is 72.5 Å². The van der Waals surface area contributed by atoms with Crippen LogP contribution in [0.25, 0.3) is 0 Å². The minimum absolute atomic E-state index is 0.0154. The first-order valence-corrected chi connectivity index (χ1v) is 14.4. The van der Waals surface area contributed by atoms with Gasteiger partial charge in [-0.3, -0.25) is 13.9 Å². The molecule has 0 unspecified atom stereocenters. The molecule has 2 amide bonds. The molecule has 36 heavy (non-hydrogen) atoms. The van der Waals surface area contributed by atoms with Gasteiger partial charge in [0.05, 0.1) is 11.9 Å². The van der Waals surface area contributed by atoms with Gasteiger partial charge in [0.25, 0.3) is 0 Å². The SMILES string of the molecule is CC[C@H](C)NC(=O)[C@H](C)N(Cc1ccccc1Cl)C(=O)CCCN(c1cc(C)cc(C)c1)S(C)(=O)=O. The van der Waals surface area contributed by atoms with E-state index in [9.17, 15) is 18.0 Å². The number of carbonyl (C=O) groups is 2. The van der Waals surface area contributed by atoms with Gasteiger partial charge in [-0.1, -0.05) is 42.8 Å². The van der Waals surface area contributed by atoms with E-state index in [1.807, 2.05) is 64.1 Å². The predicted molar refractivity (Wildman–Crippen MR) is 147 cm³/mol. The number of hydrogen-bond donors (Lipinski definition) is 1. The molecule has 0 aromatic heterocycles. The summed E-state index contributed by atoms with van der Waals surface area (Å²) in [4.78, 5) is 27.8. The zero-order valence-electron chi connectivity index (χ0n) is 22.0. The van der Waals surface area contributed by atoms with Crippen LogP contribution in [0.3, 0.4) is 0 Å². The number of aryl methyl sites for hydroxylation is 2. The van der Waals surface area contributed by atoms with Crippen molar-refractivity contribution < 1.29 is 18.0 Å². The van der Waals surface area contributed by atoms with Gasteiger partial charge in [0.15, 0.2) is 0 Å². The zero-order valence-corrected chi connectivity index (χ0v) is 23.6. The van der Waals surface area contributed by atoms with Gasteiger partial charge in [0.1, 0.15) is 6.04 Å². The lowest BCUT2D eigenvalue weighted by molar-refractivity contribution is -0.140. The number of nitrogens with one attached hydrogen (secondary N) is 1. The summed E-state index contributed by atoms with van der Waals surface area (Å²) in [5.74, 6) is -0.478. The molecular formula is C27H38ClN3O4S. The maximum Gasteiger partial charge on any atom is 0.242 e. The number of hydrogen-bond acceptors (Lipinski definition) is 4. The van der Waals surface area contributed by atoms with Crippen molar-refractivity contribution in [3.8, 4) is 0 Å². The third-order valence-corrected chi connectivity index (χ3v) is 7.68. The maximum absolute atomic E-state index is 13.4. The largest absolute Gasteiger partial charge is 0.352 e. The van der Waals surface area contributed by atoms with Crippen LogP contribution in [0, 0.1) is 13.8 Å². The molecule has 0 bridgehead atoms. The lowest BCUT2D eigenvalue weighted by Gasteiger charge is -2.30. The molecule has 2 atom stereocenters. The van der Waals surface area contributed by atoms with E-state index in [1.165, 1.54) is 9.21 Å². The summed E-state index contributed by atoms with van der Waals surface area (Å²) in [7, 11) is -3.54. The maximum atomic E-state index is 13.4. The molecule has 7 nitrogen and oxygen atoms in total.